The molecule has 0 bridgehead atoms. The Balaban J connectivity index is 1.06. The first-order valence-corrected chi connectivity index (χ1v) is 17.3. The van der Waals surface area contributed by atoms with E-state index in [0.29, 0.717) is 5.56 Å². The van der Waals surface area contributed by atoms with Crippen molar-refractivity contribution in [2.75, 3.05) is 4.90 Å². The molecule has 0 N–H and O–H groups in total. The van der Waals surface area contributed by atoms with E-state index in [-0.39, 0.29) is 17.5 Å². The van der Waals surface area contributed by atoms with Crippen LogP contribution in [0.3, 0.4) is 0 Å². The lowest BCUT2D eigenvalue weighted by Gasteiger charge is -2.25. The third-order valence-corrected chi connectivity index (χ3v) is 10.3. The molecule has 0 aliphatic heterocycles. The molecular weight excluding hydrogens is 603 g/mol. The minimum atomic E-state index is -0.272. The topological polar surface area (TPSA) is 3.24 Å². The number of para-hydroxylation sites is 2. The Kier molecular flexibility index (Phi) is 6.69. The Morgan fingerprint density at radius 3 is 1.66 bits per heavy atom. The monoisotopic (exact) mass is 641 g/mol. The number of rotatable bonds is 6. The van der Waals surface area contributed by atoms with Crippen LogP contribution in [0.4, 0.5) is 17.1 Å². The summed E-state index contributed by atoms with van der Waals surface area (Å²) in [5, 5.41) is 5.03. The van der Waals surface area contributed by atoms with Crippen LogP contribution >= 0.6 is 0 Å². The average molecular weight is 642 g/mol. The molecule has 0 amide bonds. The fourth-order valence-electron chi connectivity index (χ4n) is 7.72. The highest BCUT2D eigenvalue weighted by atomic mass is 15.1. The zero-order valence-corrected chi connectivity index (χ0v) is 28.2. The number of hydrogen-bond donors (Lipinski definition) is 0. The Labute approximate surface area is 297 Å². The first kappa shape index (κ1) is 27.7. The molecule has 0 heterocycles. The van der Waals surface area contributed by atoms with Crippen molar-refractivity contribution >= 4 is 50.7 Å². The summed E-state index contributed by atoms with van der Waals surface area (Å²) in [7, 11) is 0. The van der Waals surface area contributed by atoms with Crippen LogP contribution in [0.15, 0.2) is 176 Å². The van der Waals surface area contributed by atoms with Crippen LogP contribution < -0.4 is 4.90 Å². The van der Waals surface area contributed by atoms with Gasteiger partial charge >= 0.3 is 0 Å². The lowest BCUT2D eigenvalue weighted by atomic mass is 9.81. The lowest BCUT2D eigenvalue weighted by Crippen LogP contribution is -2.15. The van der Waals surface area contributed by atoms with Gasteiger partial charge in [0.15, 0.2) is 0 Å². The maximum Gasteiger partial charge on any atom is 0.0629 e. The number of anilines is 3. The molecule has 0 unspecified atom stereocenters. The average Bonchev–Trinajstić information content (AvgIpc) is 3.43. The lowest BCUT2D eigenvalue weighted by molar-refractivity contribution is 0.660. The van der Waals surface area contributed by atoms with E-state index in [1.165, 1.54) is 54.9 Å². The van der Waals surface area contributed by atoms with Gasteiger partial charge in [-0.05, 0) is 115 Å². The van der Waals surface area contributed by atoms with Crippen molar-refractivity contribution < 1.29 is 2.74 Å². The highest BCUT2D eigenvalue weighted by Crippen LogP contribution is 2.50. The van der Waals surface area contributed by atoms with Gasteiger partial charge in [-0.2, -0.15) is 0 Å². The summed E-state index contributed by atoms with van der Waals surface area (Å²) in [6.07, 6.45) is 0. The normalized spacial score (nSPS) is 14.0. The van der Waals surface area contributed by atoms with Gasteiger partial charge in [0, 0.05) is 22.5 Å². The summed E-state index contributed by atoms with van der Waals surface area (Å²) in [6, 6.07) is 61.8. The second-order valence-corrected chi connectivity index (χ2v) is 13.6. The summed E-state index contributed by atoms with van der Waals surface area (Å²) in [5.41, 5.74) is 11.7. The second-order valence-electron chi connectivity index (χ2n) is 13.6. The Bertz CT molecular complexity index is 2620. The first-order chi connectivity index (χ1) is 25.4. The molecule has 8 aromatic rings. The third kappa shape index (κ3) is 5.11. The molecule has 0 atom stereocenters. The van der Waals surface area contributed by atoms with Crippen molar-refractivity contribution in [2.24, 2.45) is 0 Å². The van der Waals surface area contributed by atoms with Crippen molar-refractivity contribution in [3.63, 3.8) is 0 Å². The molecule has 0 radical (unpaired) electrons. The van der Waals surface area contributed by atoms with Crippen LogP contribution in [-0.4, -0.2) is 0 Å². The molecule has 0 fully saturated rings. The summed E-state index contributed by atoms with van der Waals surface area (Å²) >= 11 is 0. The highest BCUT2D eigenvalue weighted by molar-refractivity contribution is 6.13. The number of hydrogen-bond acceptors (Lipinski definition) is 1. The molecule has 0 spiro atoms. The molecule has 1 nitrogen and oxygen atoms in total. The third-order valence-electron chi connectivity index (χ3n) is 10.3. The molecule has 0 saturated carbocycles. The SMILES string of the molecule is [2H]/C(=C(/[2H])c1ccc2c(c1)C(C)(C)c1cc(-c3cc4ccccc4c4ccccc34)ccc1-2)c1ccc(N(c2ccccc2)c2ccccc2)cc1. The quantitative estimate of drug-likeness (QED) is 0.129. The number of nitrogens with zero attached hydrogens (tertiary/aromatic N) is 1. The van der Waals surface area contributed by atoms with E-state index < -0.39 is 0 Å². The van der Waals surface area contributed by atoms with Crippen molar-refractivity contribution in [1.29, 1.82) is 0 Å². The van der Waals surface area contributed by atoms with E-state index in [2.05, 4.69) is 128 Å². The van der Waals surface area contributed by atoms with Crippen molar-refractivity contribution in [2.45, 2.75) is 19.3 Å². The van der Waals surface area contributed by atoms with Gasteiger partial charge in [0.2, 0.25) is 0 Å². The van der Waals surface area contributed by atoms with Crippen LogP contribution in [0.5, 0.6) is 0 Å². The summed E-state index contributed by atoms with van der Waals surface area (Å²) in [5.74, 6) is 0. The fourth-order valence-corrected chi connectivity index (χ4v) is 7.72. The molecule has 50 heavy (non-hydrogen) atoms. The van der Waals surface area contributed by atoms with Crippen molar-refractivity contribution in [3.8, 4) is 22.3 Å². The van der Waals surface area contributed by atoms with Crippen molar-refractivity contribution in [1.82, 2.24) is 0 Å². The zero-order valence-electron chi connectivity index (χ0n) is 30.2. The predicted octanol–water partition coefficient (Wildman–Crippen LogP) is 13.6. The van der Waals surface area contributed by atoms with E-state index in [4.69, 9.17) is 1.37 Å². The summed E-state index contributed by atoms with van der Waals surface area (Å²) < 4.78 is 18.3. The second kappa shape index (κ2) is 12.1. The fraction of sp³-hybridized carbons (Fsp3) is 0.0612. The van der Waals surface area contributed by atoms with Crippen LogP contribution in [-0.2, 0) is 5.41 Å². The number of benzene rings is 8. The molecule has 1 aliphatic carbocycles. The zero-order chi connectivity index (χ0) is 35.4. The predicted molar refractivity (Wildman–Crippen MR) is 215 cm³/mol. The minimum absolute atomic E-state index is 0.205. The van der Waals surface area contributed by atoms with E-state index in [1.807, 2.05) is 66.7 Å². The minimum Gasteiger partial charge on any atom is -0.311 e. The van der Waals surface area contributed by atoms with Crippen LogP contribution in [0.25, 0.3) is 55.9 Å². The van der Waals surface area contributed by atoms with Gasteiger partial charge in [-0.3, -0.25) is 0 Å². The van der Waals surface area contributed by atoms with Crippen LogP contribution in [0, 0.1) is 0 Å². The van der Waals surface area contributed by atoms with Gasteiger partial charge < -0.3 is 4.90 Å². The molecule has 1 heteroatoms. The van der Waals surface area contributed by atoms with Gasteiger partial charge in [-0.25, -0.2) is 0 Å². The van der Waals surface area contributed by atoms with Crippen molar-refractivity contribution in [3.05, 3.63) is 198 Å². The van der Waals surface area contributed by atoms with Crippen LogP contribution in [0.1, 0.15) is 38.8 Å². The van der Waals surface area contributed by atoms with E-state index >= 15 is 0 Å². The summed E-state index contributed by atoms with van der Waals surface area (Å²) in [6.45, 7) is 4.56. The first-order valence-electron chi connectivity index (χ1n) is 18.3. The summed E-state index contributed by atoms with van der Waals surface area (Å²) in [4.78, 5) is 2.20. The molecule has 0 aromatic heterocycles. The van der Waals surface area contributed by atoms with Gasteiger partial charge in [0.1, 0.15) is 0 Å². The highest BCUT2D eigenvalue weighted by Gasteiger charge is 2.35. The largest absolute Gasteiger partial charge is 0.311 e. The molecule has 8 aromatic carbocycles. The molecule has 238 valence electrons. The van der Waals surface area contributed by atoms with Crippen LogP contribution in [0.2, 0.25) is 0 Å². The standard InChI is InChI=1S/C49H37N/c1-49(2)47-31-35(22-21-34-23-27-40(28-24-34)50(38-14-5-3-6-15-38)39-16-7-4-8-17-39)25-29-44(47)45-30-26-37(33-48(45)49)46-32-36-13-9-10-18-41(36)42-19-11-12-20-43(42)46/h3-33H,1-2H3/b22-21+/i21D,22D. The molecular formula is C49H37N. The van der Waals surface area contributed by atoms with Gasteiger partial charge in [-0.15, -0.1) is 0 Å². The smallest absolute Gasteiger partial charge is 0.0629 e. The van der Waals surface area contributed by atoms with Gasteiger partial charge in [-0.1, -0.05) is 153 Å². The van der Waals surface area contributed by atoms with E-state index in [0.717, 1.165) is 22.6 Å². The molecule has 9 rings (SSSR count). The van der Waals surface area contributed by atoms with E-state index in [1.54, 1.807) is 0 Å². The molecule has 0 saturated heterocycles. The maximum absolute atomic E-state index is 9.19. The molecule has 1 aliphatic rings. The van der Waals surface area contributed by atoms with Gasteiger partial charge in [0.05, 0.1) is 2.74 Å². The number of fused-ring (bicyclic) bond motifs is 6. The maximum atomic E-state index is 9.19. The Morgan fingerprint density at radius 2 is 0.960 bits per heavy atom. The van der Waals surface area contributed by atoms with Gasteiger partial charge in [0.25, 0.3) is 0 Å². The Hall–Kier alpha value is -6.18. The van der Waals surface area contributed by atoms with E-state index in [9.17, 15) is 1.37 Å². The Morgan fingerprint density at radius 1 is 0.440 bits per heavy atom.